The van der Waals surface area contributed by atoms with E-state index in [9.17, 15) is 28.9 Å². The standard InChI is InChI=1S/C24H15FN2O6S/c25-20-10-2-1-6-17(20)14-26-22(28)21(34-24(26)30)12-15-5-3-9-19(11-15)33-23(29)16-7-4-8-18(13-16)27(31)32/h1-13H,14H2/b21-12-. The Bertz CT molecular complexity index is 1360. The number of carbonyl (C=O) groups excluding carboxylic acids is 3. The van der Waals surface area contributed by atoms with Crippen molar-refractivity contribution < 1.29 is 28.4 Å². The largest absolute Gasteiger partial charge is 0.423 e. The van der Waals surface area contributed by atoms with Crippen molar-refractivity contribution in [2.75, 3.05) is 0 Å². The second-order valence-corrected chi connectivity index (χ2v) is 8.12. The second-order valence-electron chi connectivity index (χ2n) is 7.13. The van der Waals surface area contributed by atoms with Gasteiger partial charge in [0.2, 0.25) is 0 Å². The zero-order valence-electron chi connectivity index (χ0n) is 17.3. The Morgan fingerprint density at radius 3 is 2.59 bits per heavy atom. The molecule has 4 rings (SSSR count). The van der Waals surface area contributed by atoms with E-state index in [0.717, 1.165) is 22.7 Å². The van der Waals surface area contributed by atoms with Gasteiger partial charge >= 0.3 is 5.97 Å². The lowest BCUT2D eigenvalue weighted by Crippen LogP contribution is -2.27. The lowest BCUT2D eigenvalue weighted by atomic mass is 10.1. The Hall–Kier alpha value is -4.31. The number of nitrogens with zero attached hydrogens (tertiary/aromatic N) is 2. The number of non-ortho nitro benzene ring substituents is 1. The quantitative estimate of drug-likeness (QED) is 0.158. The lowest BCUT2D eigenvalue weighted by molar-refractivity contribution is -0.384. The van der Waals surface area contributed by atoms with Gasteiger partial charge in [0.15, 0.2) is 0 Å². The molecule has 0 saturated carbocycles. The van der Waals surface area contributed by atoms with Crippen LogP contribution in [0.25, 0.3) is 6.08 Å². The summed E-state index contributed by atoms with van der Waals surface area (Å²) in [5.74, 6) is -1.71. The maximum Gasteiger partial charge on any atom is 0.343 e. The molecule has 0 spiro atoms. The van der Waals surface area contributed by atoms with Crippen LogP contribution < -0.4 is 4.74 Å². The molecular weight excluding hydrogens is 463 g/mol. The molecule has 1 fully saturated rings. The predicted molar refractivity (Wildman–Crippen MR) is 122 cm³/mol. The molecule has 8 nitrogen and oxygen atoms in total. The lowest BCUT2D eigenvalue weighted by Gasteiger charge is -2.12. The van der Waals surface area contributed by atoms with Crippen molar-refractivity contribution in [1.29, 1.82) is 0 Å². The number of hydrogen-bond acceptors (Lipinski definition) is 7. The van der Waals surface area contributed by atoms with E-state index in [1.807, 2.05) is 0 Å². The average Bonchev–Trinajstić information content (AvgIpc) is 3.08. The van der Waals surface area contributed by atoms with E-state index < -0.39 is 27.9 Å². The first-order valence-electron chi connectivity index (χ1n) is 9.87. The number of benzene rings is 3. The average molecular weight is 478 g/mol. The van der Waals surface area contributed by atoms with E-state index in [1.165, 1.54) is 54.6 Å². The third-order valence-corrected chi connectivity index (χ3v) is 5.73. The van der Waals surface area contributed by atoms with Gasteiger partial charge < -0.3 is 4.74 Å². The highest BCUT2D eigenvalue weighted by Crippen LogP contribution is 2.34. The molecule has 0 radical (unpaired) electrons. The van der Waals surface area contributed by atoms with Gasteiger partial charge in [-0.3, -0.25) is 24.6 Å². The Kier molecular flexibility index (Phi) is 6.51. The zero-order valence-corrected chi connectivity index (χ0v) is 18.2. The molecule has 0 aliphatic carbocycles. The molecule has 0 atom stereocenters. The molecule has 1 aliphatic heterocycles. The number of nitro benzene ring substituents is 1. The summed E-state index contributed by atoms with van der Waals surface area (Å²) in [6.07, 6.45) is 1.47. The summed E-state index contributed by atoms with van der Waals surface area (Å²) in [7, 11) is 0. The number of esters is 1. The van der Waals surface area contributed by atoms with E-state index in [4.69, 9.17) is 4.74 Å². The molecule has 0 aromatic heterocycles. The smallest absolute Gasteiger partial charge is 0.343 e. The van der Waals surface area contributed by atoms with Crippen molar-refractivity contribution in [3.8, 4) is 5.75 Å². The van der Waals surface area contributed by atoms with Crippen LogP contribution in [-0.4, -0.2) is 26.9 Å². The van der Waals surface area contributed by atoms with Gasteiger partial charge in [0, 0.05) is 17.7 Å². The highest BCUT2D eigenvalue weighted by atomic mass is 32.2. The minimum Gasteiger partial charge on any atom is -0.423 e. The molecule has 0 unspecified atom stereocenters. The highest BCUT2D eigenvalue weighted by molar-refractivity contribution is 8.18. The molecule has 2 amide bonds. The maximum atomic E-state index is 13.9. The van der Waals surface area contributed by atoms with Gasteiger partial charge in [-0.2, -0.15) is 0 Å². The minimum absolute atomic E-state index is 0.00821. The van der Waals surface area contributed by atoms with Crippen LogP contribution in [0, 0.1) is 15.9 Å². The summed E-state index contributed by atoms with van der Waals surface area (Å²) < 4.78 is 19.2. The monoisotopic (exact) mass is 478 g/mol. The van der Waals surface area contributed by atoms with Crippen molar-refractivity contribution in [3.63, 3.8) is 0 Å². The Morgan fingerprint density at radius 1 is 1.06 bits per heavy atom. The molecule has 0 bridgehead atoms. The summed E-state index contributed by atoms with van der Waals surface area (Å²) >= 11 is 0.727. The molecule has 1 aliphatic rings. The Morgan fingerprint density at radius 2 is 1.82 bits per heavy atom. The molecule has 10 heteroatoms. The number of rotatable bonds is 6. The fourth-order valence-corrected chi connectivity index (χ4v) is 4.00. The SMILES string of the molecule is O=C(Oc1cccc(/C=C2\SC(=O)N(Cc3ccccc3F)C2=O)c1)c1cccc([N+](=O)[O-])c1. The van der Waals surface area contributed by atoms with Crippen LogP contribution in [0.1, 0.15) is 21.5 Å². The van der Waals surface area contributed by atoms with Crippen molar-refractivity contribution in [1.82, 2.24) is 4.90 Å². The molecule has 34 heavy (non-hydrogen) atoms. The molecule has 0 N–H and O–H groups in total. The van der Waals surface area contributed by atoms with Crippen LogP contribution in [0.15, 0.2) is 77.7 Å². The fraction of sp³-hybridized carbons (Fsp3) is 0.0417. The number of nitro groups is 1. The van der Waals surface area contributed by atoms with Crippen molar-refractivity contribution in [3.05, 3.63) is 110 Å². The molecule has 3 aromatic carbocycles. The summed E-state index contributed by atoms with van der Waals surface area (Å²) in [6.45, 7) is -0.185. The van der Waals surface area contributed by atoms with Gasteiger partial charge in [0.25, 0.3) is 16.8 Å². The fourth-order valence-electron chi connectivity index (χ4n) is 3.16. The van der Waals surface area contributed by atoms with Crippen molar-refractivity contribution in [2.24, 2.45) is 0 Å². The topological polar surface area (TPSA) is 107 Å². The maximum absolute atomic E-state index is 13.9. The summed E-state index contributed by atoms with van der Waals surface area (Å²) in [4.78, 5) is 48.8. The molecule has 170 valence electrons. The van der Waals surface area contributed by atoms with Crippen LogP contribution in [0.2, 0.25) is 0 Å². The first-order valence-corrected chi connectivity index (χ1v) is 10.7. The van der Waals surface area contributed by atoms with E-state index in [2.05, 4.69) is 0 Å². The first-order chi connectivity index (χ1) is 16.3. The summed E-state index contributed by atoms with van der Waals surface area (Å²) in [5.41, 5.74) is 0.477. The number of amides is 2. The Balaban J connectivity index is 1.50. The van der Waals surface area contributed by atoms with Crippen LogP contribution in [-0.2, 0) is 11.3 Å². The normalized spacial score (nSPS) is 14.5. The number of halogens is 1. The number of carbonyl (C=O) groups is 3. The van der Waals surface area contributed by atoms with Crippen molar-refractivity contribution >= 4 is 40.6 Å². The summed E-state index contributed by atoms with van der Waals surface area (Å²) in [6, 6.07) is 17.3. The Labute approximate surface area is 196 Å². The van der Waals surface area contributed by atoms with Gasteiger partial charge in [-0.05, 0) is 47.7 Å². The number of thioether (sulfide) groups is 1. The van der Waals surface area contributed by atoms with E-state index >= 15 is 0 Å². The van der Waals surface area contributed by atoms with Crippen LogP contribution >= 0.6 is 11.8 Å². The van der Waals surface area contributed by atoms with E-state index in [0.29, 0.717) is 5.56 Å². The van der Waals surface area contributed by atoms with Crippen LogP contribution in [0.3, 0.4) is 0 Å². The number of imide groups is 1. The van der Waals surface area contributed by atoms with E-state index in [1.54, 1.807) is 18.2 Å². The third-order valence-electron chi connectivity index (χ3n) is 4.82. The predicted octanol–water partition coefficient (Wildman–Crippen LogP) is 5.19. The van der Waals surface area contributed by atoms with Crippen LogP contribution in [0.5, 0.6) is 5.75 Å². The van der Waals surface area contributed by atoms with Gasteiger partial charge in [0.05, 0.1) is 21.9 Å². The van der Waals surface area contributed by atoms with Gasteiger partial charge in [-0.15, -0.1) is 0 Å². The van der Waals surface area contributed by atoms with E-state index in [-0.39, 0.29) is 34.0 Å². The molecule has 1 saturated heterocycles. The molecular formula is C24H15FN2O6S. The third kappa shape index (κ3) is 5.02. The second kappa shape index (κ2) is 9.67. The van der Waals surface area contributed by atoms with Crippen molar-refractivity contribution in [2.45, 2.75) is 6.54 Å². The number of hydrogen-bond donors (Lipinski definition) is 0. The number of ether oxygens (including phenoxy) is 1. The molecule has 1 heterocycles. The zero-order chi connectivity index (χ0) is 24.2. The van der Waals surface area contributed by atoms with Gasteiger partial charge in [-0.1, -0.05) is 36.4 Å². The molecule has 3 aromatic rings. The van der Waals surface area contributed by atoms with Gasteiger partial charge in [-0.25, -0.2) is 9.18 Å². The van der Waals surface area contributed by atoms with Gasteiger partial charge in [0.1, 0.15) is 11.6 Å². The van der Waals surface area contributed by atoms with Crippen LogP contribution in [0.4, 0.5) is 14.9 Å². The summed E-state index contributed by atoms with van der Waals surface area (Å²) in [5, 5.41) is 10.4. The first kappa shape index (κ1) is 22.9. The minimum atomic E-state index is -0.786. The highest BCUT2D eigenvalue weighted by Gasteiger charge is 2.35.